The highest BCUT2D eigenvalue weighted by atomic mass is 15.3. The van der Waals surface area contributed by atoms with Crippen LogP contribution in [-0.2, 0) is 0 Å². The molecule has 0 amide bonds. The minimum Gasteiger partial charge on any atom is -0.311 e. The number of hydrogen-bond donors (Lipinski definition) is 1. The van der Waals surface area contributed by atoms with Gasteiger partial charge in [-0.15, -0.1) is 0 Å². The molecule has 2 aliphatic heterocycles. The van der Waals surface area contributed by atoms with Gasteiger partial charge in [0.25, 0.3) is 0 Å². The molecule has 0 aliphatic carbocycles. The number of rotatable bonds is 3. The molecule has 12 heavy (non-hydrogen) atoms. The molecular weight excluding hydrogens is 148 g/mol. The van der Waals surface area contributed by atoms with Gasteiger partial charge in [0, 0.05) is 25.2 Å². The first kappa shape index (κ1) is 8.52. The van der Waals surface area contributed by atoms with Crippen molar-refractivity contribution in [3.63, 3.8) is 0 Å². The van der Waals surface area contributed by atoms with E-state index in [1.165, 1.54) is 32.5 Å². The third-order valence-electron chi connectivity index (χ3n) is 3.16. The molecule has 2 heteroatoms. The van der Waals surface area contributed by atoms with Crippen LogP contribution in [0.2, 0.25) is 0 Å². The smallest absolute Gasteiger partial charge is 0.0236 e. The molecule has 70 valence electrons. The molecule has 2 heterocycles. The van der Waals surface area contributed by atoms with Gasteiger partial charge < -0.3 is 5.32 Å². The minimum atomic E-state index is 0.821. The van der Waals surface area contributed by atoms with Crippen molar-refractivity contribution in [1.29, 1.82) is 0 Å². The van der Waals surface area contributed by atoms with Crippen LogP contribution in [0.3, 0.4) is 0 Å². The fourth-order valence-corrected chi connectivity index (χ4v) is 2.35. The summed E-state index contributed by atoms with van der Waals surface area (Å²) < 4.78 is 0. The maximum atomic E-state index is 3.53. The SMILES string of the molecule is CC(C)CCN1C[C@H]2C[C@@H]1CN2. The second-order valence-corrected chi connectivity index (χ2v) is 4.67. The first-order chi connectivity index (χ1) is 5.75. The van der Waals surface area contributed by atoms with E-state index in [-0.39, 0.29) is 0 Å². The van der Waals surface area contributed by atoms with Crippen molar-refractivity contribution < 1.29 is 0 Å². The van der Waals surface area contributed by atoms with E-state index in [9.17, 15) is 0 Å². The van der Waals surface area contributed by atoms with Gasteiger partial charge in [0.05, 0.1) is 0 Å². The number of likely N-dealkylation sites (tertiary alicyclic amines) is 1. The second-order valence-electron chi connectivity index (χ2n) is 4.67. The molecule has 2 fully saturated rings. The van der Waals surface area contributed by atoms with Gasteiger partial charge in [-0.1, -0.05) is 13.8 Å². The number of hydrogen-bond acceptors (Lipinski definition) is 2. The molecular formula is C10H20N2. The number of piperazine rings is 1. The summed E-state index contributed by atoms with van der Waals surface area (Å²) in [6.45, 7) is 8.49. The van der Waals surface area contributed by atoms with Crippen molar-refractivity contribution in [3.8, 4) is 0 Å². The van der Waals surface area contributed by atoms with Crippen LogP contribution in [0.25, 0.3) is 0 Å². The summed E-state index contributed by atoms with van der Waals surface area (Å²) in [5.41, 5.74) is 0. The van der Waals surface area contributed by atoms with Crippen LogP contribution in [0.1, 0.15) is 26.7 Å². The van der Waals surface area contributed by atoms with Crippen molar-refractivity contribution in [2.45, 2.75) is 38.8 Å². The summed E-state index contributed by atoms with van der Waals surface area (Å²) in [4.78, 5) is 2.67. The highest BCUT2D eigenvalue weighted by Crippen LogP contribution is 2.23. The molecule has 0 radical (unpaired) electrons. The lowest BCUT2D eigenvalue weighted by Crippen LogP contribution is -2.44. The molecule has 1 N–H and O–H groups in total. The number of nitrogens with one attached hydrogen (secondary N) is 1. The van der Waals surface area contributed by atoms with Gasteiger partial charge in [0.15, 0.2) is 0 Å². The lowest BCUT2D eigenvalue weighted by Gasteiger charge is -2.27. The van der Waals surface area contributed by atoms with Crippen LogP contribution >= 0.6 is 0 Å². The van der Waals surface area contributed by atoms with E-state index in [0.29, 0.717) is 0 Å². The Labute approximate surface area is 75.3 Å². The Kier molecular flexibility index (Phi) is 2.37. The van der Waals surface area contributed by atoms with Crippen molar-refractivity contribution in [2.24, 2.45) is 5.92 Å². The summed E-state index contributed by atoms with van der Waals surface area (Å²) in [6, 6.07) is 1.69. The molecule has 0 spiro atoms. The average Bonchev–Trinajstić information content (AvgIpc) is 2.60. The van der Waals surface area contributed by atoms with Gasteiger partial charge >= 0.3 is 0 Å². The zero-order valence-corrected chi connectivity index (χ0v) is 8.21. The van der Waals surface area contributed by atoms with E-state index in [0.717, 1.165) is 18.0 Å². The predicted molar refractivity (Wildman–Crippen MR) is 51.2 cm³/mol. The molecule has 2 nitrogen and oxygen atoms in total. The van der Waals surface area contributed by atoms with Gasteiger partial charge in [0.1, 0.15) is 0 Å². The van der Waals surface area contributed by atoms with Crippen molar-refractivity contribution in [2.75, 3.05) is 19.6 Å². The monoisotopic (exact) mass is 168 g/mol. The van der Waals surface area contributed by atoms with Crippen LogP contribution in [0.15, 0.2) is 0 Å². The lowest BCUT2D eigenvalue weighted by molar-refractivity contribution is 0.214. The Balaban J connectivity index is 1.76. The first-order valence-corrected chi connectivity index (χ1v) is 5.23. The molecule has 2 bridgehead atoms. The van der Waals surface area contributed by atoms with E-state index in [2.05, 4.69) is 24.1 Å². The third-order valence-corrected chi connectivity index (χ3v) is 3.16. The van der Waals surface area contributed by atoms with Crippen LogP contribution in [0.4, 0.5) is 0 Å². The normalized spacial score (nSPS) is 35.2. The summed E-state index contributed by atoms with van der Waals surface area (Å²) in [6.07, 6.45) is 2.77. The van der Waals surface area contributed by atoms with Gasteiger partial charge in [-0.2, -0.15) is 0 Å². The van der Waals surface area contributed by atoms with Crippen LogP contribution in [0, 0.1) is 5.92 Å². The standard InChI is InChI=1S/C10H20N2/c1-8(2)3-4-12-7-9-5-10(12)6-11-9/h8-11H,3-7H2,1-2H3/t9-,10-/m1/s1. The largest absolute Gasteiger partial charge is 0.311 e. The van der Waals surface area contributed by atoms with E-state index in [1.54, 1.807) is 0 Å². The molecule has 2 rings (SSSR count). The Bertz CT molecular complexity index is 156. The molecule has 0 aromatic carbocycles. The number of fused-ring (bicyclic) bond motifs is 2. The van der Waals surface area contributed by atoms with Crippen LogP contribution in [0.5, 0.6) is 0 Å². The van der Waals surface area contributed by atoms with Gasteiger partial charge in [-0.3, -0.25) is 4.90 Å². The molecule has 0 aromatic rings. The Morgan fingerprint density at radius 3 is 2.83 bits per heavy atom. The molecule has 0 unspecified atom stereocenters. The van der Waals surface area contributed by atoms with E-state index in [1.807, 2.05) is 0 Å². The van der Waals surface area contributed by atoms with Crippen molar-refractivity contribution in [1.82, 2.24) is 10.2 Å². The highest BCUT2D eigenvalue weighted by Gasteiger charge is 2.36. The summed E-state index contributed by atoms with van der Waals surface area (Å²) in [7, 11) is 0. The van der Waals surface area contributed by atoms with Crippen molar-refractivity contribution >= 4 is 0 Å². The summed E-state index contributed by atoms with van der Waals surface area (Å²) in [5.74, 6) is 0.858. The van der Waals surface area contributed by atoms with Gasteiger partial charge in [0.2, 0.25) is 0 Å². The molecule has 2 atom stereocenters. The zero-order valence-electron chi connectivity index (χ0n) is 8.21. The highest BCUT2D eigenvalue weighted by molar-refractivity contribution is 4.97. The average molecular weight is 168 g/mol. The lowest BCUT2D eigenvalue weighted by atomic mass is 10.1. The topological polar surface area (TPSA) is 15.3 Å². The maximum absolute atomic E-state index is 3.53. The van der Waals surface area contributed by atoms with Gasteiger partial charge in [-0.25, -0.2) is 0 Å². The van der Waals surface area contributed by atoms with E-state index >= 15 is 0 Å². The fourth-order valence-electron chi connectivity index (χ4n) is 2.35. The predicted octanol–water partition coefficient (Wildman–Crippen LogP) is 1.08. The summed E-state index contributed by atoms with van der Waals surface area (Å²) in [5, 5.41) is 3.53. The molecule has 2 saturated heterocycles. The van der Waals surface area contributed by atoms with Crippen molar-refractivity contribution in [3.05, 3.63) is 0 Å². The molecule has 2 aliphatic rings. The zero-order chi connectivity index (χ0) is 8.55. The summed E-state index contributed by atoms with van der Waals surface area (Å²) >= 11 is 0. The van der Waals surface area contributed by atoms with Gasteiger partial charge in [-0.05, 0) is 25.3 Å². The Hall–Kier alpha value is -0.0800. The van der Waals surface area contributed by atoms with Crippen LogP contribution < -0.4 is 5.32 Å². The fraction of sp³-hybridized carbons (Fsp3) is 1.00. The Morgan fingerprint density at radius 2 is 2.33 bits per heavy atom. The molecule has 0 aromatic heterocycles. The third kappa shape index (κ3) is 1.64. The minimum absolute atomic E-state index is 0.821. The van der Waals surface area contributed by atoms with Crippen LogP contribution in [-0.4, -0.2) is 36.6 Å². The van der Waals surface area contributed by atoms with E-state index in [4.69, 9.17) is 0 Å². The first-order valence-electron chi connectivity index (χ1n) is 5.23. The van der Waals surface area contributed by atoms with E-state index < -0.39 is 0 Å². The maximum Gasteiger partial charge on any atom is 0.0236 e. The quantitative estimate of drug-likeness (QED) is 0.678. The number of nitrogens with zero attached hydrogens (tertiary/aromatic N) is 1. The Morgan fingerprint density at radius 1 is 1.50 bits per heavy atom. The second kappa shape index (κ2) is 3.35. The molecule has 0 saturated carbocycles.